The van der Waals surface area contributed by atoms with Gasteiger partial charge in [0.15, 0.2) is 6.29 Å². The van der Waals surface area contributed by atoms with Crippen LogP contribution in [-0.2, 0) is 6.61 Å². The molecule has 0 aliphatic rings. The molecule has 0 aliphatic heterocycles. The summed E-state index contributed by atoms with van der Waals surface area (Å²) in [7, 11) is 0. The summed E-state index contributed by atoms with van der Waals surface area (Å²) in [6.45, 7) is 0.501. The molecule has 108 valence electrons. The number of benzene rings is 3. The normalized spacial score (nSPS) is 10.2. The lowest BCUT2D eigenvalue weighted by Crippen LogP contribution is -1.97. The zero-order chi connectivity index (χ0) is 15.2. The van der Waals surface area contributed by atoms with Gasteiger partial charge < -0.3 is 4.74 Å². The van der Waals surface area contributed by atoms with Crippen molar-refractivity contribution in [3.63, 3.8) is 0 Å². The van der Waals surface area contributed by atoms with Gasteiger partial charge in [-0.3, -0.25) is 4.79 Å². The number of hydrogen-bond donors (Lipinski definition) is 0. The van der Waals surface area contributed by atoms with Gasteiger partial charge in [0.25, 0.3) is 0 Å². The standard InChI is InChI=1S/C20H16O2/c21-14-17-10-4-5-11-18(17)19-12-6-7-13-20(19)22-15-16-8-2-1-3-9-16/h1-14H,15H2. The highest BCUT2D eigenvalue weighted by atomic mass is 16.5. The molecule has 0 amide bonds. The lowest BCUT2D eigenvalue weighted by atomic mass is 9.99. The molecular weight excluding hydrogens is 272 g/mol. The molecule has 0 unspecified atom stereocenters. The third-order valence-corrected chi connectivity index (χ3v) is 3.50. The maximum atomic E-state index is 11.3. The quantitative estimate of drug-likeness (QED) is 0.634. The molecule has 0 heterocycles. The summed E-state index contributed by atoms with van der Waals surface area (Å²) < 4.78 is 5.96. The summed E-state index contributed by atoms with van der Waals surface area (Å²) in [5.41, 5.74) is 3.60. The van der Waals surface area contributed by atoms with Gasteiger partial charge >= 0.3 is 0 Å². The number of carbonyl (C=O) groups is 1. The van der Waals surface area contributed by atoms with Gasteiger partial charge in [0.2, 0.25) is 0 Å². The van der Waals surface area contributed by atoms with Crippen LogP contribution in [0.5, 0.6) is 5.75 Å². The van der Waals surface area contributed by atoms with Gasteiger partial charge in [0.05, 0.1) is 0 Å². The number of carbonyl (C=O) groups excluding carboxylic acids is 1. The Morgan fingerprint density at radius 3 is 2.14 bits per heavy atom. The van der Waals surface area contributed by atoms with E-state index >= 15 is 0 Å². The van der Waals surface area contributed by atoms with Crippen molar-refractivity contribution in [2.24, 2.45) is 0 Å². The van der Waals surface area contributed by atoms with Gasteiger partial charge in [-0.2, -0.15) is 0 Å². The minimum Gasteiger partial charge on any atom is -0.488 e. The molecule has 0 aliphatic carbocycles. The summed E-state index contributed by atoms with van der Waals surface area (Å²) >= 11 is 0. The van der Waals surface area contributed by atoms with E-state index in [1.165, 1.54) is 0 Å². The van der Waals surface area contributed by atoms with Crippen LogP contribution in [0.2, 0.25) is 0 Å². The Labute approximate surface area is 130 Å². The van der Waals surface area contributed by atoms with E-state index in [0.29, 0.717) is 12.2 Å². The van der Waals surface area contributed by atoms with E-state index in [4.69, 9.17) is 4.74 Å². The van der Waals surface area contributed by atoms with Gasteiger partial charge in [-0.05, 0) is 17.2 Å². The van der Waals surface area contributed by atoms with E-state index in [1.54, 1.807) is 0 Å². The molecule has 22 heavy (non-hydrogen) atoms. The van der Waals surface area contributed by atoms with Gasteiger partial charge in [-0.15, -0.1) is 0 Å². The summed E-state index contributed by atoms with van der Waals surface area (Å²) in [5, 5.41) is 0. The maximum absolute atomic E-state index is 11.3. The topological polar surface area (TPSA) is 26.3 Å². The second-order valence-electron chi connectivity index (χ2n) is 4.98. The van der Waals surface area contributed by atoms with Crippen LogP contribution in [0.4, 0.5) is 0 Å². The Balaban J connectivity index is 1.91. The first-order valence-corrected chi connectivity index (χ1v) is 7.19. The monoisotopic (exact) mass is 288 g/mol. The molecule has 0 aromatic heterocycles. The van der Waals surface area contributed by atoms with E-state index in [-0.39, 0.29) is 0 Å². The van der Waals surface area contributed by atoms with Crippen molar-refractivity contribution >= 4 is 6.29 Å². The van der Waals surface area contributed by atoms with Crippen LogP contribution in [0.3, 0.4) is 0 Å². The van der Waals surface area contributed by atoms with E-state index in [2.05, 4.69) is 0 Å². The zero-order valence-corrected chi connectivity index (χ0v) is 12.1. The fourth-order valence-electron chi connectivity index (χ4n) is 2.40. The Morgan fingerprint density at radius 2 is 1.36 bits per heavy atom. The van der Waals surface area contributed by atoms with Crippen molar-refractivity contribution in [2.75, 3.05) is 0 Å². The molecule has 0 saturated carbocycles. The average molecular weight is 288 g/mol. The first kappa shape index (κ1) is 14.1. The first-order valence-electron chi connectivity index (χ1n) is 7.19. The van der Waals surface area contributed by atoms with Crippen molar-refractivity contribution in [2.45, 2.75) is 6.61 Å². The average Bonchev–Trinajstić information content (AvgIpc) is 2.61. The molecule has 0 atom stereocenters. The molecule has 0 N–H and O–H groups in total. The number of ether oxygens (including phenoxy) is 1. The molecule has 0 spiro atoms. The Bertz CT molecular complexity index is 763. The minimum absolute atomic E-state index is 0.501. The molecular formula is C20H16O2. The van der Waals surface area contributed by atoms with E-state index in [9.17, 15) is 4.79 Å². The number of rotatable bonds is 5. The number of hydrogen-bond acceptors (Lipinski definition) is 2. The molecule has 0 fully saturated rings. The fraction of sp³-hybridized carbons (Fsp3) is 0.0500. The van der Waals surface area contributed by atoms with Crippen LogP contribution in [0.1, 0.15) is 15.9 Å². The third-order valence-electron chi connectivity index (χ3n) is 3.50. The Morgan fingerprint density at radius 1 is 0.727 bits per heavy atom. The molecule has 2 nitrogen and oxygen atoms in total. The van der Waals surface area contributed by atoms with Crippen molar-refractivity contribution in [3.05, 3.63) is 90.0 Å². The van der Waals surface area contributed by atoms with Crippen molar-refractivity contribution in [1.82, 2.24) is 0 Å². The highest BCUT2D eigenvalue weighted by Gasteiger charge is 2.09. The summed E-state index contributed by atoms with van der Waals surface area (Å²) in [6.07, 6.45) is 0.878. The minimum atomic E-state index is 0.501. The lowest BCUT2D eigenvalue weighted by Gasteiger charge is -2.13. The molecule has 3 aromatic carbocycles. The highest BCUT2D eigenvalue weighted by molar-refractivity contribution is 5.89. The maximum Gasteiger partial charge on any atom is 0.150 e. The molecule has 0 radical (unpaired) electrons. The van der Waals surface area contributed by atoms with Gasteiger partial charge in [0, 0.05) is 11.1 Å². The third kappa shape index (κ3) is 3.07. The molecule has 3 aromatic rings. The van der Waals surface area contributed by atoms with Crippen LogP contribution in [-0.4, -0.2) is 6.29 Å². The van der Waals surface area contributed by atoms with E-state index < -0.39 is 0 Å². The predicted molar refractivity (Wildman–Crippen MR) is 88.0 cm³/mol. The fourth-order valence-corrected chi connectivity index (χ4v) is 2.40. The number of para-hydroxylation sites is 1. The predicted octanol–water partition coefficient (Wildman–Crippen LogP) is 4.75. The second-order valence-corrected chi connectivity index (χ2v) is 4.98. The van der Waals surface area contributed by atoms with Gasteiger partial charge in [0.1, 0.15) is 12.4 Å². The van der Waals surface area contributed by atoms with Crippen molar-refractivity contribution < 1.29 is 9.53 Å². The largest absolute Gasteiger partial charge is 0.488 e. The second kappa shape index (κ2) is 6.72. The van der Waals surface area contributed by atoms with Crippen LogP contribution >= 0.6 is 0 Å². The molecule has 2 heteroatoms. The van der Waals surface area contributed by atoms with Crippen molar-refractivity contribution in [3.8, 4) is 16.9 Å². The Hall–Kier alpha value is -2.87. The van der Waals surface area contributed by atoms with Gasteiger partial charge in [-0.25, -0.2) is 0 Å². The van der Waals surface area contributed by atoms with Crippen LogP contribution < -0.4 is 4.74 Å². The number of aldehydes is 1. The lowest BCUT2D eigenvalue weighted by molar-refractivity contribution is 0.112. The summed E-state index contributed by atoms with van der Waals surface area (Å²) in [6, 6.07) is 25.4. The smallest absolute Gasteiger partial charge is 0.150 e. The Kier molecular flexibility index (Phi) is 4.30. The molecule has 0 bridgehead atoms. The summed E-state index contributed by atoms with van der Waals surface area (Å²) in [5.74, 6) is 0.778. The molecule has 3 rings (SSSR count). The highest BCUT2D eigenvalue weighted by Crippen LogP contribution is 2.32. The van der Waals surface area contributed by atoms with Crippen LogP contribution in [0, 0.1) is 0 Å². The SMILES string of the molecule is O=Cc1ccccc1-c1ccccc1OCc1ccccc1. The van der Waals surface area contributed by atoms with Gasteiger partial charge in [-0.1, -0.05) is 72.8 Å². The van der Waals surface area contributed by atoms with Crippen molar-refractivity contribution in [1.29, 1.82) is 0 Å². The van der Waals surface area contributed by atoms with E-state index in [1.807, 2.05) is 78.9 Å². The van der Waals surface area contributed by atoms with E-state index in [0.717, 1.165) is 28.7 Å². The first-order chi connectivity index (χ1) is 10.9. The molecule has 0 saturated heterocycles. The van der Waals surface area contributed by atoms with Crippen LogP contribution in [0.15, 0.2) is 78.9 Å². The summed E-state index contributed by atoms with van der Waals surface area (Å²) in [4.78, 5) is 11.3. The zero-order valence-electron chi connectivity index (χ0n) is 12.1. The van der Waals surface area contributed by atoms with Crippen LogP contribution in [0.25, 0.3) is 11.1 Å².